The second-order valence-corrected chi connectivity index (χ2v) is 5.42. The molecule has 0 radical (unpaired) electrons. The van der Waals surface area contributed by atoms with Crippen LogP contribution in [0.2, 0.25) is 0 Å². The number of nitrogens with zero attached hydrogens (tertiary/aromatic N) is 3. The maximum Gasteiger partial charge on any atom is 0.269 e. The van der Waals surface area contributed by atoms with Crippen molar-refractivity contribution < 1.29 is 9.72 Å². The molecule has 1 aromatic heterocycles. The number of amides is 1. The van der Waals surface area contributed by atoms with Crippen molar-refractivity contribution in [2.24, 2.45) is 18.7 Å². The van der Waals surface area contributed by atoms with Crippen LogP contribution >= 0.6 is 12.4 Å². The smallest absolute Gasteiger partial charge is 0.269 e. The summed E-state index contributed by atoms with van der Waals surface area (Å²) in [6, 6.07) is 5.95. The zero-order chi connectivity index (χ0) is 17.0. The van der Waals surface area contributed by atoms with Crippen LogP contribution in [-0.2, 0) is 7.05 Å². The summed E-state index contributed by atoms with van der Waals surface area (Å²) in [6.07, 6.45) is 1.62. The quantitative estimate of drug-likeness (QED) is 0.606. The van der Waals surface area contributed by atoms with Gasteiger partial charge in [0.15, 0.2) is 0 Å². The van der Waals surface area contributed by atoms with Crippen LogP contribution in [-0.4, -0.2) is 33.7 Å². The van der Waals surface area contributed by atoms with Gasteiger partial charge < -0.3 is 11.1 Å². The molecular formula is C15H20ClN5O3. The van der Waals surface area contributed by atoms with E-state index in [1.54, 1.807) is 25.4 Å². The zero-order valence-electron chi connectivity index (χ0n) is 13.4. The minimum Gasteiger partial charge on any atom is -0.352 e. The molecular weight excluding hydrogens is 334 g/mol. The Hall–Kier alpha value is -2.45. The molecule has 0 fully saturated rings. The molecule has 8 nitrogen and oxygen atoms in total. The number of nitrogens with one attached hydrogen (secondary N) is 1. The van der Waals surface area contributed by atoms with Crippen molar-refractivity contribution in [2.75, 3.05) is 13.1 Å². The Morgan fingerprint density at radius 2 is 2.04 bits per heavy atom. The summed E-state index contributed by atoms with van der Waals surface area (Å²) in [6.45, 7) is 2.91. The first-order chi connectivity index (χ1) is 10.9. The van der Waals surface area contributed by atoms with Crippen molar-refractivity contribution in [2.45, 2.75) is 6.92 Å². The van der Waals surface area contributed by atoms with Crippen molar-refractivity contribution in [1.29, 1.82) is 0 Å². The lowest BCUT2D eigenvalue weighted by Crippen LogP contribution is -2.31. The van der Waals surface area contributed by atoms with Crippen LogP contribution in [0.1, 0.15) is 17.3 Å². The molecule has 1 unspecified atom stereocenters. The number of aromatic nitrogens is 2. The predicted octanol–water partition coefficient (Wildman–Crippen LogP) is 1.74. The van der Waals surface area contributed by atoms with Gasteiger partial charge in [-0.15, -0.1) is 12.4 Å². The van der Waals surface area contributed by atoms with Gasteiger partial charge in [0.1, 0.15) is 5.69 Å². The lowest BCUT2D eigenvalue weighted by atomic mass is 10.1. The molecule has 2 aromatic rings. The van der Waals surface area contributed by atoms with Crippen molar-refractivity contribution in [1.82, 2.24) is 15.1 Å². The molecule has 0 aliphatic carbocycles. The first-order valence-electron chi connectivity index (χ1n) is 7.19. The largest absolute Gasteiger partial charge is 0.352 e. The average molecular weight is 354 g/mol. The molecule has 0 saturated heterocycles. The molecule has 1 amide bonds. The Balaban J connectivity index is 0.00000288. The van der Waals surface area contributed by atoms with Gasteiger partial charge >= 0.3 is 0 Å². The first kappa shape index (κ1) is 19.6. The summed E-state index contributed by atoms with van der Waals surface area (Å²) in [5.41, 5.74) is 7.09. The van der Waals surface area contributed by atoms with Crippen LogP contribution in [0.25, 0.3) is 11.3 Å². The summed E-state index contributed by atoms with van der Waals surface area (Å²) in [5.74, 6) is -0.0646. The van der Waals surface area contributed by atoms with Crippen molar-refractivity contribution >= 4 is 24.0 Å². The fraction of sp³-hybridized carbons (Fsp3) is 0.333. The minimum atomic E-state index is -0.468. The van der Waals surface area contributed by atoms with Crippen molar-refractivity contribution in [3.05, 3.63) is 46.1 Å². The Bertz CT molecular complexity index is 714. The molecule has 0 aliphatic rings. The lowest BCUT2D eigenvalue weighted by molar-refractivity contribution is -0.384. The fourth-order valence-corrected chi connectivity index (χ4v) is 2.05. The van der Waals surface area contributed by atoms with Crippen LogP contribution in [0, 0.1) is 16.0 Å². The number of halogens is 1. The fourth-order valence-electron chi connectivity index (χ4n) is 2.05. The molecule has 1 atom stereocenters. The van der Waals surface area contributed by atoms with Crippen molar-refractivity contribution in [3.8, 4) is 11.3 Å². The molecule has 1 aromatic carbocycles. The van der Waals surface area contributed by atoms with Gasteiger partial charge in [-0.1, -0.05) is 6.92 Å². The highest BCUT2D eigenvalue weighted by atomic mass is 35.5. The van der Waals surface area contributed by atoms with E-state index in [1.165, 1.54) is 16.8 Å². The monoisotopic (exact) mass is 353 g/mol. The summed E-state index contributed by atoms with van der Waals surface area (Å²) in [4.78, 5) is 22.6. The number of benzene rings is 1. The van der Waals surface area contributed by atoms with E-state index in [2.05, 4.69) is 10.4 Å². The van der Waals surface area contributed by atoms with Gasteiger partial charge in [-0.3, -0.25) is 19.6 Å². The maximum absolute atomic E-state index is 12.3. The van der Waals surface area contributed by atoms with E-state index >= 15 is 0 Å². The standard InChI is InChI=1S/C15H19N5O3.ClH/c1-10(7-16)8-17-15(21)13-9-19(2)18-14(13)11-3-5-12(6-4-11)20(22)23;/h3-6,9-10H,7-8,16H2,1-2H3,(H,17,21);1H. The first-order valence-corrected chi connectivity index (χ1v) is 7.19. The topological polar surface area (TPSA) is 116 Å². The lowest BCUT2D eigenvalue weighted by Gasteiger charge is -2.10. The summed E-state index contributed by atoms with van der Waals surface area (Å²) >= 11 is 0. The highest BCUT2D eigenvalue weighted by Crippen LogP contribution is 2.24. The normalized spacial score (nSPS) is 11.5. The highest BCUT2D eigenvalue weighted by molar-refractivity contribution is 5.99. The van der Waals surface area contributed by atoms with Crippen LogP contribution in [0.5, 0.6) is 0 Å². The van der Waals surface area contributed by atoms with E-state index in [4.69, 9.17) is 5.73 Å². The number of hydrogen-bond donors (Lipinski definition) is 2. The van der Waals surface area contributed by atoms with Crippen LogP contribution in [0.4, 0.5) is 5.69 Å². The number of nitrogens with two attached hydrogens (primary N) is 1. The third kappa shape index (κ3) is 4.53. The van der Waals surface area contributed by atoms with Gasteiger partial charge in [-0.25, -0.2) is 0 Å². The molecule has 0 aliphatic heterocycles. The minimum absolute atomic E-state index is 0. The van der Waals surface area contributed by atoms with Gasteiger partial charge in [-0.05, 0) is 24.6 Å². The number of rotatable bonds is 6. The van der Waals surface area contributed by atoms with E-state index in [-0.39, 0.29) is 29.9 Å². The van der Waals surface area contributed by atoms with Gasteiger partial charge in [0, 0.05) is 37.5 Å². The van der Waals surface area contributed by atoms with E-state index in [1.807, 2.05) is 6.92 Å². The highest BCUT2D eigenvalue weighted by Gasteiger charge is 2.18. The Morgan fingerprint density at radius 1 is 1.42 bits per heavy atom. The number of carbonyl (C=O) groups is 1. The van der Waals surface area contributed by atoms with Crippen molar-refractivity contribution in [3.63, 3.8) is 0 Å². The van der Waals surface area contributed by atoms with Gasteiger partial charge in [0.25, 0.3) is 11.6 Å². The summed E-state index contributed by atoms with van der Waals surface area (Å²) in [7, 11) is 1.72. The van der Waals surface area contributed by atoms with E-state index in [9.17, 15) is 14.9 Å². The number of non-ortho nitro benzene ring substituents is 1. The SMILES string of the molecule is CC(CN)CNC(=O)c1cn(C)nc1-c1ccc([N+](=O)[O-])cc1.Cl. The van der Waals surface area contributed by atoms with Crippen LogP contribution in [0.15, 0.2) is 30.5 Å². The molecule has 0 bridgehead atoms. The average Bonchev–Trinajstić information content (AvgIpc) is 2.94. The molecule has 0 spiro atoms. The van der Waals surface area contributed by atoms with Crippen LogP contribution in [0.3, 0.4) is 0 Å². The summed E-state index contributed by atoms with van der Waals surface area (Å²) < 4.78 is 1.54. The molecule has 1 heterocycles. The third-order valence-electron chi connectivity index (χ3n) is 3.44. The summed E-state index contributed by atoms with van der Waals surface area (Å²) in [5, 5.41) is 17.8. The second kappa shape index (κ2) is 8.42. The number of nitro groups is 1. The molecule has 9 heteroatoms. The third-order valence-corrected chi connectivity index (χ3v) is 3.44. The van der Waals surface area contributed by atoms with E-state index in [0.717, 1.165) is 0 Å². The number of hydrogen-bond acceptors (Lipinski definition) is 5. The zero-order valence-corrected chi connectivity index (χ0v) is 14.2. The van der Waals surface area contributed by atoms with Gasteiger partial charge in [0.05, 0.1) is 10.5 Å². The Kier molecular flexibility index (Phi) is 6.87. The molecule has 0 saturated carbocycles. The van der Waals surface area contributed by atoms with E-state index in [0.29, 0.717) is 29.9 Å². The van der Waals surface area contributed by atoms with Gasteiger partial charge in [0.2, 0.25) is 0 Å². The molecule has 24 heavy (non-hydrogen) atoms. The van der Waals surface area contributed by atoms with E-state index < -0.39 is 4.92 Å². The predicted molar refractivity (Wildman–Crippen MR) is 93.1 cm³/mol. The molecule has 130 valence electrons. The maximum atomic E-state index is 12.3. The second-order valence-electron chi connectivity index (χ2n) is 5.42. The Morgan fingerprint density at radius 3 is 2.58 bits per heavy atom. The van der Waals surface area contributed by atoms with Crippen LogP contribution < -0.4 is 11.1 Å². The number of carbonyl (C=O) groups excluding carboxylic acids is 1. The number of aryl methyl sites for hydroxylation is 1. The number of nitro benzene ring substituents is 1. The molecule has 3 N–H and O–H groups in total. The Labute approximate surface area is 145 Å². The molecule has 2 rings (SSSR count). The van der Waals surface area contributed by atoms with Gasteiger partial charge in [-0.2, -0.15) is 5.10 Å².